The van der Waals surface area contributed by atoms with Crippen molar-refractivity contribution in [3.8, 4) is 0 Å². The van der Waals surface area contributed by atoms with Crippen molar-refractivity contribution in [1.29, 1.82) is 0 Å². The summed E-state index contributed by atoms with van der Waals surface area (Å²) < 4.78 is 65.5. The van der Waals surface area contributed by atoms with Crippen molar-refractivity contribution in [3.63, 3.8) is 0 Å². The van der Waals surface area contributed by atoms with Gasteiger partial charge in [0, 0.05) is 19.1 Å². The molecule has 0 aromatic heterocycles. The van der Waals surface area contributed by atoms with E-state index in [2.05, 4.69) is 5.32 Å². The van der Waals surface area contributed by atoms with Crippen LogP contribution in [0, 0.1) is 0 Å². The normalized spacial score (nSPS) is 23.6. The number of nitrogens with zero attached hydrogens (tertiary/aromatic N) is 2. The molecule has 2 fully saturated rings. The number of rotatable bonds is 4. The second kappa shape index (κ2) is 6.80. The molecule has 0 radical (unpaired) electrons. The van der Waals surface area contributed by atoms with E-state index in [0.29, 0.717) is 56.2 Å². The fourth-order valence-corrected chi connectivity index (χ4v) is 4.83. The molecule has 0 spiro atoms. The van der Waals surface area contributed by atoms with Gasteiger partial charge in [-0.05, 0) is 38.8 Å². The number of nitrogens with one attached hydrogen (secondary N) is 1. The lowest BCUT2D eigenvalue weighted by molar-refractivity contribution is -0.140. The Kier molecular flexibility index (Phi) is 5.50. The molecule has 0 aromatic carbocycles. The molecule has 21 heavy (non-hydrogen) atoms. The summed E-state index contributed by atoms with van der Waals surface area (Å²) in [4.78, 5) is 0. The average molecular weight is 329 g/mol. The molecule has 0 bridgehead atoms. The van der Waals surface area contributed by atoms with Crippen molar-refractivity contribution < 1.29 is 21.6 Å². The van der Waals surface area contributed by atoms with E-state index in [-0.39, 0.29) is 0 Å². The van der Waals surface area contributed by atoms with Gasteiger partial charge in [-0.15, -0.1) is 0 Å². The van der Waals surface area contributed by atoms with E-state index >= 15 is 0 Å². The van der Waals surface area contributed by atoms with Crippen LogP contribution in [-0.2, 0) is 10.2 Å². The Labute approximate surface area is 123 Å². The maximum absolute atomic E-state index is 12.8. The van der Waals surface area contributed by atoms with Crippen LogP contribution in [0.25, 0.3) is 0 Å². The van der Waals surface area contributed by atoms with Gasteiger partial charge in [0.25, 0.3) is 10.2 Å². The summed E-state index contributed by atoms with van der Waals surface area (Å²) in [7, 11) is -4.04. The van der Waals surface area contributed by atoms with Crippen molar-refractivity contribution in [2.45, 2.75) is 44.3 Å². The number of hydrogen-bond acceptors (Lipinski definition) is 3. The topological polar surface area (TPSA) is 52.7 Å². The molecule has 0 unspecified atom stereocenters. The third kappa shape index (κ3) is 4.54. The SMILES string of the molecule is O=S(=O)(N1CCCCC1)N(CC(F)(F)F)C1CCNCC1. The number of piperidine rings is 2. The molecule has 0 aliphatic carbocycles. The van der Waals surface area contributed by atoms with Gasteiger partial charge in [0.2, 0.25) is 0 Å². The van der Waals surface area contributed by atoms with Crippen LogP contribution in [0.1, 0.15) is 32.1 Å². The summed E-state index contributed by atoms with van der Waals surface area (Å²) in [5, 5.41) is 3.05. The number of halogens is 3. The van der Waals surface area contributed by atoms with Crippen molar-refractivity contribution in [2.75, 3.05) is 32.7 Å². The third-order valence-corrected chi connectivity index (χ3v) is 6.03. The third-order valence-electron chi connectivity index (χ3n) is 3.99. The highest BCUT2D eigenvalue weighted by atomic mass is 32.2. The summed E-state index contributed by atoms with van der Waals surface area (Å²) in [5.41, 5.74) is 0. The zero-order chi connectivity index (χ0) is 15.5. The Bertz CT molecular complexity index is 430. The molecule has 124 valence electrons. The van der Waals surface area contributed by atoms with Crippen molar-refractivity contribution >= 4 is 10.2 Å². The monoisotopic (exact) mass is 329 g/mol. The Balaban J connectivity index is 2.19. The molecular formula is C12H22F3N3O2S. The molecule has 2 saturated heterocycles. The van der Waals surface area contributed by atoms with Crippen molar-refractivity contribution in [1.82, 2.24) is 13.9 Å². The van der Waals surface area contributed by atoms with Crippen LogP contribution in [0.15, 0.2) is 0 Å². The molecular weight excluding hydrogens is 307 g/mol. The minimum absolute atomic E-state index is 0.321. The minimum atomic E-state index is -4.52. The molecule has 2 rings (SSSR count). The van der Waals surface area contributed by atoms with Crippen molar-refractivity contribution in [3.05, 3.63) is 0 Å². The summed E-state index contributed by atoms with van der Waals surface area (Å²) in [6.45, 7) is 0.350. The summed E-state index contributed by atoms with van der Waals surface area (Å²) >= 11 is 0. The van der Waals surface area contributed by atoms with Crippen LogP contribution in [0.3, 0.4) is 0 Å². The number of hydrogen-bond donors (Lipinski definition) is 1. The smallest absolute Gasteiger partial charge is 0.317 e. The van der Waals surface area contributed by atoms with Crippen LogP contribution in [-0.4, -0.2) is 62.0 Å². The predicted octanol–water partition coefficient (Wildman–Crippen LogP) is 1.33. The van der Waals surface area contributed by atoms with E-state index in [9.17, 15) is 21.6 Å². The summed E-state index contributed by atoms with van der Waals surface area (Å²) in [5.74, 6) is 0. The quantitative estimate of drug-likeness (QED) is 0.847. The zero-order valence-corrected chi connectivity index (χ0v) is 12.7. The molecule has 2 aliphatic heterocycles. The van der Waals surface area contributed by atoms with Crippen LogP contribution < -0.4 is 5.32 Å². The molecule has 0 aromatic rings. The fraction of sp³-hybridized carbons (Fsp3) is 1.00. The fourth-order valence-electron chi connectivity index (χ4n) is 2.91. The van der Waals surface area contributed by atoms with Gasteiger partial charge in [-0.1, -0.05) is 6.42 Å². The molecule has 0 amide bonds. The maximum Gasteiger partial charge on any atom is 0.402 e. The summed E-state index contributed by atoms with van der Waals surface area (Å²) in [6.07, 6.45) is -1.32. The lowest BCUT2D eigenvalue weighted by Crippen LogP contribution is -2.55. The molecule has 0 saturated carbocycles. The van der Waals surface area contributed by atoms with E-state index in [4.69, 9.17) is 0 Å². The van der Waals surface area contributed by atoms with Crippen LogP contribution in [0.2, 0.25) is 0 Å². The largest absolute Gasteiger partial charge is 0.402 e. The van der Waals surface area contributed by atoms with Gasteiger partial charge in [-0.2, -0.15) is 30.2 Å². The molecule has 2 aliphatic rings. The molecule has 2 heterocycles. The highest BCUT2D eigenvalue weighted by Crippen LogP contribution is 2.27. The van der Waals surface area contributed by atoms with E-state index in [1.165, 1.54) is 4.31 Å². The Hall–Kier alpha value is -0.380. The van der Waals surface area contributed by atoms with Crippen LogP contribution >= 0.6 is 0 Å². The maximum atomic E-state index is 12.8. The highest BCUT2D eigenvalue weighted by molar-refractivity contribution is 7.86. The van der Waals surface area contributed by atoms with Gasteiger partial charge in [0.05, 0.1) is 0 Å². The standard InChI is InChI=1S/C12H22F3N3O2S/c13-12(14,15)10-18(11-4-6-16-7-5-11)21(19,20)17-8-2-1-3-9-17/h11,16H,1-10H2. The van der Waals surface area contributed by atoms with Gasteiger partial charge in [-0.3, -0.25) is 0 Å². The molecule has 0 atom stereocenters. The van der Waals surface area contributed by atoms with Gasteiger partial charge in [0.15, 0.2) is 0 Å². The van der Waals surface area contributed by atoms with Gasteiger partial charge in [0.1, 0.15) is 6.54 Å². The van der Waals surface area contributed by atoms with Gasteiger partial charge < -0.3 is 5.32 Å². The average Bonchev–Trinajstić information content (AvgIpc) is 2.46. The lowest BCUT2D eigenvalue weighted by atomic mass is 10.1. The second-order valence-electron chi connectivity index (χ2n) is 5.61. The second-order valence-corrected chi connectivity index (χ2v) is 7.49. The van der Waals surface area contributed by atoms with E-state index < -0.39 is 29.0 Å². The Morgan fingerprint density at radius 1 is 1.10 bits per heavy atom. The molecule has 5 nitrogen and oxygen atoms in total. The van der Waals surface area contributed by atoms with E-state index in [1.807, 2.05) is 0 Å². The first-order valence-corrected chi connectivity index (χ1v) is 8.75. The number of alkyl halides is 3. The van der Waals surface area contributed by atoms with Gasteiger partial charge >= 0.3 is 6.18 Å². The highest BCUT2D eigenvalue weighted by Gasteiger charge is 2.43. The first-order valence-electron chi connectivity index (χ1n) is 7.35. The van der Waals surface area contributed by atoms with Crippen molar-refractivity contribution in [2.24, 2.45) is 0 Å². The van der Waals surface area contributed by atoms with Crippen LogP contribution in [0.4, 0.5) is 13.2 Å². The zero-order valence-electron chi connectivity index (χ0n) is 11.9. The summed E-state index contributed by atoms with van der Waals surface area (Å²) in [6, 6.07) is -0.570. The first kappa shape index (κ1) is 17.0. The molecule has 9 heteroatoms. The van der Waals surface area contributed by atoms with Gasteiger partial charge in [-0.25, -0.2) is 0 Å². The predicted molar refractivity (Wildman–Crippen MR) is 73.0 cm³/mol. The van der Waals surface area contributed by atoms with E-state index in [1.54, 1.807) is 0 Å². The van der Waals surface area contributed by atoms with Crippen LogP contribution in [0.5, 0.6) is 0 Å². The Morgan fingerprint density at radius 3 is 2.19 bits per heavy atom. The minimum Gasteiger partial charge on any atom is -0.317 e. The van der Waals surface area contributed by atoms with E-state index in [0.717, 1.165) is 6.42 Å². The Morgan fingerprint density at radius 2 is 1.67 bits per heavy atom. The lowest BCUT2D eigenvalue weighted by Gasteiger charge is -2.38. The molecule has 1 N–H and O–H groups in total. The first-order chi connectivity index (χ1) is 9.81.